The minimum Gasteiger partial charge on any atom is -0.369 e. The molecule has 1 aliphatic rings. The Morgan fingerprint density at radius 3 is 2.86 bits per heavy atom. The Bertz CT molecular complexity index is 615. The molecule has 1 aliphatic heterocycles. The number of benzene rings is 1. The van der Waals surface area contributed by atoms with Gasteiger partial charge in [-0.2, -0.15) is 0 Å². The minimum atomic E-state index is 0.271. The van der Waals surface area contributed by atoms with Gasteiger partial charge in [-0.05, 0) is 30.5 Å². The first-order valence-corrected chi connectivity index (χ1v) is 7.87. The molecule has 112 valence electrons. The monoisotopic (exact) mass is 283 g/mol. The molecule has 3 nitrogen and oxygen atoms in total. The fourth-order valence-corrected chi connectivity index (χ4v) is 2.97. The summed E-state index contributed by atoms with van der Waals surface area (Å²) in [4.78, 5) is 7.09. The predicted octanol–water partition coefficient (Wildman–Crippen LogP) is 3.45. The molecule has 3 heteroatoms. The van der Waals surface area contributed by atoms with Crippen molar-refractivity contribution in [3.8, 4) is 0 Å². The first-order chi connectivity index (χ1) is 10.0. The van der Waals surface area contributed by atoms with Gasteiger partial charge in [0.05, 0.1) is 17.4 Å². The van der Waals surface area contributed by atoms with E-state index in [2.05, 4.69) is 60.2 Å². The number of hydrogen-bond donors (Lipinski definition) is 1. The van der Waals surface area contributed by atoms with Gasteiger partial charge in [-0.15, -0.1) is 0 Å². The standard InChI is InChI=1S/C18H25N3/c1-18(2,3)17-13-21(10-6-9-19-17)15-11-14-7-4-5-8-16(14)20-12-15/h4-5,7-8,11-12,17,19H,6,9-10,13H2,1-3H3. The van der Waals surface area contributed by atoms with Gasteiger partial charge in [0, 0.05) is 24.5 Å². The van der Waals surface area contributed by atoms with E-state index < -0.39 is 0 Å². The molecule has 1 unspecified atom stereocenters. The number of para-hydroxylation sites is 1. The van der Waals surface area contributed by atoms with Gasteiger partial charge in [0.25, 0.3) is 0 Å². The molecule has 1 N–H and O–H groups in total. The van der Waals surface area contributed by atoms with Gasteiger partial charge < -0.3 is 10.2 Å². The van der Waals surface area contributed by atoms with Crippen LogP contribution in [0.3, 0.4) is 0 Å². The molecule has 0 radical (unpaired) electrons. The third-order valence-electron chi connectivity index (χ3n) is 4.39. The van der Waals surface area contributed by atoms with Crippen LogP contribution in [0.5, 0.6) is 0 Å². The summed E-state index contributed by atoms with van der Waals surface area (Å²) in [5.74, 6) is 0. The summed E-state index contributed by atoms with van der Waals surface area (Å²) in [6, 6.07) is 11.1. The van der Waals surface area contributed by atoms with Crippen molar-refractivity contribution in [1.29, 1.82) is 0 Å². The van der Waals surface area contributed by atoms with Crippen molar-refractivity contribution in [3.05, 3.63) is 36.5 Å². The zero-order valence-corrected chi connectivity index (χ0v) is 13.3. The summed E-state index contributed by atoms with van der Waals surface area (Å²) < 4.78 is 0. The zero-order valence-electron chi connectivity index (χ0n) is 13.3. The van der Waals surface area contributed by atoms with Crippen LogP contribution >= 0.6 is 0 Å². The van der Waals surface area contributed by atoms with Crippen LogP contribution < -0.4 is 10.2 Å². The number of nitrogens with one attached hydrogen (secondary N) is 1. The van der Waals surface area contributed by atoms with Gasteiger partial charge in [0.1, 0.15) is 0 Å². The molecule has 0 amide bonds. The van der Waals surface area contributed by atoms with Crippen molar-refractivity contribution < 1.29 is 0 Å². The van der Waals surface area contributed by atoms with E-state index in [1.165, 1.54) is 17.5 Å². The van der Waals surface area contributed by atoms with Crippen LogP contribution in [0.25, 0.3) is 10.9 Å². The van der Waals surface area contributed by atoms with E-state index in [9.17, 15) is 0 Å². The number of aromatic nitrogens is 1. The van der Waals surface area contributed by atoms with Gasteiger partial charge >= 0.3 is 0 Å². The van der Waals surface area contributed by atoms with Crippen molar-refractivity contribution in [3.63, 3.8) is 0 Å². The van der Waals surface area contributed by atoms with Crippen molar-refractivity contribution in [2.24, 2.45) is 5.41 Å². The lowest BCUT2D eigenvalue weighted by Crippen LogP contribution is -2.46. The molecule has 0 saturated carbocycles. The number of nitrogens with zero attached hydrogens (tertiary/aromatic N) is 2. The molecule has 1 saturated heterocycles. The van der Waals surface area contributed by atoms with Crippen molar-refractivity contribution in [2.45, 2.75) is 33.2 Å². The second kappa shape index (κ2) is 5.64. The second-order valence-corrected chi connectivity index (χ2v) is 7.06. The van der Waals surface area contributed by atoms with E-state index in [0.717, 1.165) is 25.2 Å². The average Bonchev–Trinajstić information content (AvgIpc) is 2.72. The Balaban J connectivity index is 1.89. The van der Waals surface area contributed by atoms with E-state index >= 15 is 0 Å². The molecule has 2 heterocycles. The third kappa shape index (κ3) is 3.18. The highest BCUT2D eigenvalue weighted by atomic mass is 15.2. The highest BCUT2D eigenvalue weighted by molar-refractivity contribution is 5.81. The molecular formula is C18H25N3. The summed E-state index contributed by atoms with van der Waals surface area (Å²) in [5, 5.41) is 4.92. The van der Waals surface area contributed by atoms with Crippen LogP contribution in [0, 0.1) is 5.41 Å². The molecule has 2 aromatic rings. The number of rotatable bonds is 1. The first-order valence-electron chi connectivity index (χ1n) is 7.87. The fraction of sp³-hybridized carbons (Fsp3) is 0.500. The summed E-state index contributed by atoms with van der Waals surface area (Å²) in [6.07, 6.45) is 3.20. The molecular weight excluding hydrogens is 258 g/mol. The molecule has 3 rings (SSSR count). The predicted molar refractivity (Wildman–Crippen MR) is 89.8 cm³/mol. The molecule has 1 aromatic carbocycles. The van der Waals surface area contributed by atoms with E-state index in [0.29, 0.717) is 6.04 Å². The molecule has 0 spiro atoms. The molecule has 21 heavy (non-hydrogen) atoms. The van der Waals surface area contributed by atoms with E-state index in [4.69, 9.17) is 0 Å². The zero-order chi connectivity index (χ0) is 14.9. The Hall–Kier alpha value is -1.61. The number of fused-ring (bicyclic) bond motifs is 1. The minimum absolute atomic E-state index is 0.271. The summed E-state index contributed by atoms with van der Waals surface area (Å²) in [7, 11) is 0. The molecule has 0 aliphatic carbocycles. The number of anilines is 1. The first kappa shape index (κ1) is 14.3. The van der Waals surface area contributed by atoms with Crippen LogP contribution in [0.1, 0.15) is 27.2 Å². The van der Waals surface area contributed by atoms with E-state index in [1.54, 1.807) is 0 Å². The largest absolute Gasteiger partial charge is 0.369 e. The van der Waals surface area contributed by atoms with Crippen LogP contribution in [0.15, 0.2) is 36.5 Å². The maximum Gasteiger partial charge on any atom is 0.0703 e. The van der Waals surface area contributed by atoms with Gasteiger partial charge in [-0.25, -0.2) is 0 Å². The maximum absolute atomic E-state index is 4.61. The normalized spacial score (nSPS) is 20.5. The second-order valence-electron chi connectivity index (χ2n) is 7.06. The van der Waals surface area contributed by atoms with Crippen LogP contribution in [0.2, 0.25) is 0 Å². The van der Waals surface area contributed by atoms with Gasteiger partial charge in [-0.3, -0.25) is 4.98 Å². The van der Waals surface area contributed by atoms with Gasteiger partial charge in [0.2, 0.25) is 0 Å². The smallest absolute Gasteiger partial charge is 0.0703 e. The SMILES string of the molecule is CC(C)(C)C1CN(c2cnc3ccccc3c2)CCCN1. The summed E-state index contributed by atoms with van der Waals surface area (Å²) in [6.45, 7) is 10.2. The topological polar surface area (TPSA) is 28.2 Å². The Labute approximate surface area is 127 Å². The Kier molecular flexibility index (Phi) is 3.85. The average molecular weight is 283 g/mol. The maximum atomic E-state index is 4.61. The molecule has 1 fully saturated rings. The summed E-state index contributed by atoms with van der Waals surface area (Å²) >= 11 is 0. The third-order valence-corrected chi connectivity index (χ3v) is 4.39. The van der Waals surface area contributed by atoms with Crippen LogP contribution in [0.4, 0.5) is 5.69 Å². The lowest BCUT2D eigenvalue weighted by molar-refractivity contribution is 0.280. The molecule has 1 atom stereocenters. The number of pyridine rings is 1. The summed E-state index contributed by atoms with van der Waals surface area (Å²) in [5.41, 5.74) is 2.58. The van der Waals surface area contributed by atoms with Gasteiger partial charge in [0.15, 0.2) is 0 Å². The van der Waals surface area contributed by atoms with Crippen LogP contribution in [-0.4, -0.2) is 30.7 Å². The lowest BCUT2D eigenvalue weighted by Gasteiger charge is -2.34. The highest BCUT2D eigenvalue weighted by Gasteiger charge is 2.28. The Morgan fingerprint density at radius 1 is 1.24 bits per heavy atom. The van der Waals surface area contributed by atoms with Crippen molar-refractivity contribution >= 4 is 16.6 Å². The quantitative estimate of drug-likeness (QED) is 0.869. The lowest BCUT2D eigenvalue weighted by atomic mass is 9.86. The highest BCUT2D eigenvalue weighted by Crippen LogP contribution is 2.26. The molecule has 0 bridgehead atoms. The molecule has 1 aromatic heterocycles. The number of hydrogen-bond acceptors (Lipinski definition) is 3. The van der Waals surface area contributed by atoms with Crippen LogP contribution in [-0.2, 0) is 0 Å². The van der Waals surface area contributed by atoms with Crippen molar-refractivity contribution in [2.75, 3.05) is 24.5 Å². The van der Waals surface area contributed by atoms with E-state index in [-0.39, 0.29) is 5.41 Å². The van der Waals surface area contributed by atoms with Gasteiger partial charge in [-0.1, -0.05) is 39.0 Å². The van der Waals surface area contributed by atoms with Crippen molar-refractivity contribution in [1.82, 2.24) is 10.3 Å². The van der Waals surface area contributed by atoms with E-state index in [1.807, 2.05) is 12.3 Å². The Morgan fingerprint density at radius 2 is 2.05 bits per heavy atom. The fourth-order valence-electron chi connectivity index (χ4n) is 2.97.